The number of aliphatic carboxylic acids is 1. The van der Waals surface area contributed by atoms with Crippen LogP contribution < -0.4 is 10.6 Å². The van der Waals surface area contributed by atoms with E-state index in [1.807, 2.05) is 40.7 Å². The molecule has 0 aliphatic rings. The predicted molar refractivity (Wildman–Crippen MR) is 84.8 cm³/mol. The summed E-state index contributed by atoms with van der Waals surface area (Å²) >= 11 is 1.69. The Labute approximate surface area is 129 Å². The molecule has 0 radical (unpaired) electrons. The SMILES string of the molecule is Cc1cc(C(C)NC(=O)N[C@H](CC(C)C)C(=O)O)c(C)s1. The van der Waals surface area contributed by atoms with Crippen molar-refractivity contribution in [2.75, 3.05) is 0 Å². The van der Waals surface area contributed by atoms with Gasteiger partial charge in [-0.05, 0) is 44.7 Å². The number of rotatable bonds is 6. The maximum absolute atomic E-state index is 12.0. The average molecular weight is 312 g/mol. The van der Waals surface area contributed by atoms with Gasteiger partial charge in [0.15, 0.2) is 0 Å². The second-order valence-corrected chi connectivity index (χ2v) is 7.19. The molecule has 1 unspecified atom stereocenters. The van der Waals surface area contributed by atoms with Gasteiger partial charge in [0.1, 0.15) is 6.04 Å². The van der Waals surface area contributed by atoms with Crippen LogP contribution in [0.25, 0.3) is 0 Å². The lowest BCUT2D eigenvalue weighted by molar-refractivity contribution is -0.139. The van der Waals surface area contributed by atoms with Crippen LogP contribution >= 0.6 is 11.3 Å². The van der Waals surface area contributed by atoms with Gasteiger partial charge in [-0.3, -0.25) is 0 Å². The molecular weight excluding hydrogens is 288 g/mol. The topological polar surface area (TPSA) is 78.4 Å². The molecule has 0 aliphatic heterocycles. The number of aryl methyl sites for hydroxylation is 2. The van der Waals surface area contributed by atoms with Crippen molar-refractivity contribution >= 4 is 23.3 Å². The largest absolute Gasteiger partial charge is 0.480 e. The highest BCUT2D eigenvalue weighted by Crippen LogP contribution is 2.25. The maximum Gasteiger partial charge on any atom is 0.326 e. The van der Waals surface area contributed by atoms with Crippen molar-refractivity contribution in [1.29, 1.82) is 0 Å². The molecule has 6 heteroatoms. The van der Waals surface area contributed by atoms with E-state index < -0.39 is 18.0 Å². The Balaban J connectivity index is 2.63. The van der Waals surface area contributed by atoms with Gasteiger partial charge in [-0.1, -0.05) is 13.8 Å². The number of urea groups is 1. The van der Waals surface area contributed by atoms with Gasteiger partial charge in [0.2, 0.25) is 0 Å². The zero-order valence-corrected chi connectivity index (χ0v) is 14.0. The minimum Gasteiger partial charge on any atom is -0.480 e. The summed E-state index contributed by atoms with van der Waals surface area (Å²) in [6.07, 6.45) is 0.410. The summed E-state index contributed by atoms with van der Waals surface area (Å²) in [6, 6.07) is 0.595. The molecule has 0 aliphatic carbocycles. The van der Waals surface area contributed by atoms with Gasteiger partial charge in [0.25, 0.3) is 0 Å². The quantitative estimate of drug-likeness (QED) is 0.754. The molecule has 2 atom stereocenters. The number of hydrogen-bond donors (Lipinski definition) is 3. The first-order valence-electron chi connectivity index (χ1n) is 7.07. The molecule has 0 fully saturated rings. The first-order chi connectivity index (χ1) is 9.70. The van der Waals surface area contributed by atoms with Crippen LogP contribution in [0.15, 0.2) is 6.07 Å². The molecule has 0 bridgehead atoms. The Kier molecular flexibility index (Phi) is 6.20. The summed E-state index contributed by atoms with van der Waals surface area (Å²) in [5.74, 6) is -0.806. The van der Waals surface area contributed by atoms with Gasteiger partial charge in [0, 0.05) is 9.75 Å². The van der Waals surface area contributed by atoms with Crippen LogP contribution in [0.4, 0.5) is 4.79 Å². The molecule has 118 valence electrons. The smallest absolute Gasteiger partial charge is 0.326 e. The molecule has 0 aromatic carbocycles. The van der Waals surface area contributed by atoms with Crippen LogP contribution in [0.2, 0.25) is 0 Å². The fraction of sp³-hybridized carbons (Fsp3) is 0.600. The number of carboxylic acid groups (broad SMARTS) is 1. The highest BCUT2D eigenvalue weighted by Gasteiger charge is 2.22. The van der Waals surface area contributed by atoms with E-state index in [4.69, 9.17) is 5.11 Å². The normalized spacial score (nSPS) is 13.8. The third-order valence-corrected chi connectivity index (χ3v) is 4.19. The Morgan fingerprint density at radius 3 is 2.29 bits per heavy atom. The molecule has 0 saturated carbocycles. The second-order valence-electron chi connectivity index (χ2n) is 5.73. The Morgan fingerprint density at radius 2 is 1.86 bits per heavy atom. The fourth-order valence-electron chi connectivity index (χ4n) is 2.25. The van der Waals surface area contributed by atoms with E-state index in [1.54, 1.807) is 11.3 Å². The van der Waals surface area contributed by atoms with E-state index in [-0.39, 0.29) is 12.0 Å². The van der Waals surface area contributed by atoms with E-state index in [2.05, 4.69) is 10.6 Å². The highest BCUT2D eigenvalue weighted by molar-refractivity contribution is 7.12. The fourth-order valence-corrected chi connectivity index (χ4v) is 3.27. The molecule has 1 rings (SSSR count). The third-order valence-electron chi connectivity index (χ3n) is 3.20. The number of carboxylic acids is 1. The molecule has 2 amide bonds. The van der Waals surface area contributed by atoms with Crippen molar-refractivity contribution in [2.24, 2.45) is 5.92 Å². The first kappa shape index (κ1) is 17.5. The minimum absolute atomic E-state index is 0.150. The van der Waals surface area contributed by atoms with Crippen molar-refractivity contribution in [2.45, 2.75) is 53.1 Å². The van der Waals surface area contributed by atoms with Gasteiger partial charge in [-0.15, -0.1) is 11.3 Å². The van der Waals surface area contributed by atoms with E-state index in [1.165, 1.54) is 4.88 Å². The number of amides is 2. The molecule has 3 N–H and O–H groups in total. The van der Waals surface area contributed by atoms with Gasteiger partial charge in [-0.2, -0.15) is 0 Å². The Bertz CT molecular complexity index is 511. The van der Waals surface area contributed by atoms with E-state index in [0.29, 0.717) is 6.42 Å². The van der Waals surface area contributed by atoms with E-state index in [0.717, 1.165) is 10.4 Å². The molecular formula is C15H24N2O3S. The number of carbonyl (C=O) groups is 2. The van der Waals surface area contributed by atoms with Crippen molar-refractivity contribution in [3.05, 3.63) is 21.4 Å². The summed E-state index contributed by atoms with van der Waals surface area (Å²) in [4.78, 5) is 25.5. The lowest BCUT2D eigenvalue weighted by Crippen LogP contribution is -2.47. The molecule has 0 spiro atoms. The lowest BCUT2D eigenvalue weighted by Gasteiger charge is -2.19. The van der Waals surface area contributed by atoms with Crippen LogP contribution in [-0.4, -0.2) is 23.1 Å². The number of nitrogens with one attached hydrogen (secondary N) is 2. The van der Waals surface area contributed by atoms with Crippen LogP contribution in [0.1, 0.15) is 48.6 Å². The Hall–Kier alpha value is -1.56. The lowest BCUT2D eigenvalue weighted by atomic mass is 10.0. The van der Waals surface area contributed by atoms with Crippen LogP contribution in [0.5, 0.6) is 0 Å². The van der Waals surface area contributed by atoms with Gasteiger partial charge in [-0.25, -0.2) is 9.59 Å². The summed E-state index contributed by atoms with van der Waals surface area (Å²) < 4.78 is 0. The summed E-state index contributed by atoms with van der Waals surface area (Å²) in [5, 5.41) is 14.5. The van der Waals surface area contributed by atoms with Gasteiger partial charge in [0.05, 0.1) is 6.04 Å². The first-order valence-corrected chi connectivity index (χ1v) is 7.89. The summed E-state index contributed by atoms with van der Waals surface area (Å²) in [5.41, 5.74) is 1.07. The van der Waals surface area contributed by atoms with Crippen molar-refractivity contribution < 1.29 is 14.7 Å². The number of carbonyl (C=O) groups excluding carboxylic acids is 1. The minimum atomic E-state index is -1.01. The van der Waals surface area contributed by atoms with Crippen molar-refractivity contribution in [1.82, 2.24) is 10.6 Å². The predicted octanol–water partition coefficient (Wildman–Crippen LogP) is 3.22. The maximum atomic E-state index is 12.0. The average Bonchev–Trinajstić information content (AvgIpc) is 2.66. The van der Waals surface area contributed by atoms with Crippen molar-refractivity contribution in [3.8, 4) is 0 Å². The van der Waals surface area contributed by atoms with Crippen LogP contribution in [0, 0.1) is 19.8 Å². The second kappa shape index (κ2) is 7.45. The Morgan fingerprint density at radius 1 is 1.24 bits per heavy atom. The third kappa shape index (κ3) is 5.38. The molecule has 1 aromatic rings. The molecule has 5 nitrogen and oxygen atoms in total. The van der Waals surface area contributed by atoms with E-state index >= 15 is 0 Å². The monoisotopic (exact) mass is 312 g/mol. The summed E-state index contributed by atoms with van der Waals surface area (Å²) in [6.45, 7) is 9.79. The zero-order valence-electron chi connectivity index (χ0n) is 13.2. The van der Waals surface area contributed by atoms with Crippen molar-refractivity contribution in [3.63, 3.8) is 0 Å². The standard InChI is InChI=1S/C15H24N2O3S/c1-8(2)6-13(14(18)19)17-15(20)16-10(4)12-7-9(3)21-11(12)5/h7-8,10,13H,6H2,1-5H3,(H,18,19)(H2,16,17,20)/t10?,13-/m1/s1. The number of thiophene rings is 1. The zero-order chi connectivity index (χ0) is 16.2. The van der Waals surface area contributed by atoms with Gasteiger partial charge < -0.3 is 15.7 Å². The number of hydrogen-bond acceptors (Lipinski definition) is 3. The van der Waals surface area contributed by atoms with Crippen LogP contribution in [0.3, 0.4) is 0 Å². The van der Waals surface area contributed by atoms with Crippen LogP contribution in [-0.2, 0) is 4.79 Å². The molecule has 21 heavy (non-hydrogen) atoms. The summed E-state index contributed by atoms with van der Waals surface area (Å²) in [7, 11) is 0. The molecule has 1 heterocycles. The van der Waals surface area contributed by atoms with Gasteiger partial charge >= 0.3 is 12.0 Å². The molecule has 0 saturated heterocycles. The highest BCUT2D eigenvalue weighted by atomic mass is 32.1. The molecule has 1 aromatic heterocycles. The van der Waals surface area contributed by atoms with E-state index in [9.17, 15) is 9.59 Å².